The predicted octanol–water partition coefficient (Wildman–Crippen LogP) is 2.19. The number of hydrogen-bond acceptors (Lipinski definition) is 3. The number of hydrogen-bond donors (Lipinski definition) is 2. The Morgan fingerprint density at radius 2 is 1.89 bits per heavy atom. The molecule has 0 aromatic carbocycles. The molecule has 1 aromatic heterocycles. The third-order valence-corrected chi connectivity index (χ3v) is 4.14. The van der Waals surface area contributed by atoms with Crippen LogP contribution in [0.2, 0.25) is 0 Å². The zero-order valence-electron chi connectivity index (χ0n) is 11.5. The molecule has 1 saturated carbocycles. The quantitative estimate of drug-likeness (QED) is 0.874. The second-order valence-electron chi connectivity index (χ2n) is 5.34. The third-order valence-electron chi connectivity index (χ3n) is 4.14. The standard InChI is InChI=1S/C14H19NO4/c1-8-9(2)19-10(3)11(8)12(16)15-7-14(13(17)18)5-4-6-14/h4-7H2,1-3H3,(H,15,16)(H,17,18). The summed E-state index contributed by atoms with van der Waals surface area (Å²) in [7, 11) is 0. The molecule has 1 heterocycles. The molecule has 5 heteroatoms. The summed E-state index contributed by atoms with van der Waals surface area (Å²) < 4.78 is 5.41. The molecule has 1 aromatic rings. The van der Waals surface area contributed by atoms with E-state index in [4.69, 9.17) is 4.42 Å². The Morgan fingerprint density at radius 3 is 2.26 bits per heavy atom. The van der Waals surface area contributed by atoms with Crippen LogP contribution < -0.4 is 5.32 Å². The molecule has 0 bridgehead atoms. The van der Waals surface area contributed by atoms with Gasteiger partial charge in [0.05, 0.1) is 11.0 Å². The van der Waals surface area contributed by atoms with Crippen molar-refractivity contribution in [1.82, 2.24) is 5.32 Å². The van der Waals surface area contributed by atoms with E-state index < -0.39 is 11.4 Å². The molecule has 2 rings (SSSR count). The van der Waals surface area contributed by atoms with Crippen molar-refractivity contribution < 1.29 is 19.1 Å². The molecular weight excluding hydrogens is 246 g/mol. The molecule has 0 unspecified atom stereocenters. The fourth-order valence-electron chi connectivity index (χ4n) is 2.54. The van der Waals surface area contributed by atoms with E-state index in [0.717, 1.165) is 17.7 Å². The SMILES string of the molecule is Cc1oc(C)c(C(=O)NCC2(C(=O)O)CCC2)c1C. The Labute approximate surface area is 112 Å². The minimum Gasteiger partial charge on any atom is -0.481 e. The molecule has 1 aliphatic carbocycles. The van der Waals surface area contributed by atoms with Crippen LogP contribution in [0, 0.1) is 26.2 Å². The summed E-state index contributed by atoms with van der Waals surface area (Å²) in [4.78, 5) is 23.4. The van der Waals surface area contributed by atoms with Gasteiger partial charge in [-0.25, -0.2) is 0 Å². The summed E-state index contributed by atoms with van der Waals surface area (Å²) >= 11 is 0. The number of furan rings is 1. The van der Waals surface area contributed by atoms with Gasteiger partial charge in [0.15, 0.2) is 0 Å². The van der Waals surface area contributed by atoms with E-state index in [1.54, 1.807) is 6.92 Å². The molecule has 1 fully saturated rings. The van der Waals surface area contributed by atoms with Crippen molar-refractivity contribution in [2.75, 3.05) is 6.54 Å². The lowest BCUT2D eigenvalue weighted by Gasteiger charge is -2.37. The number of carboxylic acid groups (broad SMARTS) is 1. The van der Waals surface area contributed by atoms with Gasteiger partial charge in [-0.05, 0) is 33.6 Å². The van der Waals surface area contributed by atoms with Gasteiger partial charge in [0, 0.05) is 12.1 Å². The number of aliphatic carboxylic acids is 1. The molecule has 0 radical (unpaired) electrons. The minimum atomic E-state index is -0.823. The van der Waals surface area contributed by atoms with Crippen LogP contribution in [0.4, 0.5) is 0 Å². The first-order chi connectivity index (χ1) is 8.87. The maximum Gasteiger partial charge on any atom is 0.311 e. The van der Waals surface area contributed by atoms with Crippen molar-refractivity contribution in [2.45, 2.75) is 40.0 Å². The lowest BCUT2D eigenvalue weighted by molar-refractivity contribution is -0.153. The van der Waals surface area contributed by atoms with Gasteiger partial charge in [-0.1, -0.05) is 6.42 Å². The lowest BCUT2D eigenvalue weighted by atomic mass is 9.69. The minimum absolute atomic E-state index is 0.185. The Bertz CT molecular complexity index is 526. The van der Waals surface area contributed by atoms with E-state index in [1.807, 2.05) is 13.8 Å². The number of carboxylic acids is 1. The van der Waals surface area contributed by atoms with Crippen LogP contribution in [0.1, 0.15) is 46.7 Å². The number of carbonyl (C=O) groups excluding carboxylic acids is 1. The van der Waals surface area contributed by atoms with Crippen LogP contribution >= 0.6 is 0 Å². The highest BCUT2D eigenvalue weighted by atomic mass is 16.4. The Hall–Kier alpha value is -1.78. The monoisotopic (exact) mass is 265 g/mol. The fourth-order valence-corrected chi connectivity index (χ4v) is 2.54. The Morgan fingerprint density at radius 1 is 1.26 bits per heavy atom. The molecule has 0 atom stereocenters. The smallest absolute Gasteiger partial charge is 0.311 e. The van der Waals surface area contributed by atoms with Crippen LogP contribution in [0.15, 0.2) is 4.42 Å². The van der Waals surface area contributed by atoms with Gasteiger partial charge >= 0.3 is 5.97 Å². The highest BCUT2D eigenvalue weighted by Gasteiger charge is 2.44. The second kappa shape index (κ2) is 4.72. The van der Waals surface area contributed by atoms with Gasteiger partial charge in [-0.2, -0.15) is 0 Å². The highest BCUT2D eigenvalue weighted by Crippen LogP contribution is 2.40. The van der Waals surface area contributed by atoms with E-state index in [-0.39, 0.29) is 12.5 Å². The van der Waals surface area contributed by atoms with Gasteiger partial charge in [0.2, 0.25) is 0 Å². The van der Waals surface area contributed by atoms with Crippen molar-refractivity contribution in [3.8, 4) is 0 Å². The van der Waals surface area contributed by atoms with Crippen molar-refractivity contribution in [1.29, 1.82) is 0 Å². The molecule has 0 spiro atoms. The second-order valence-corrected chi connectivity index (χ2v) is 5.34. The topological polar surface area (TPSA) is 79.5 Å². The van der Waals surface area contributed by atoms with E-state index in [2.05, 4.69) is 5.32 Å². The van der Waals surface area contributed by atoms with Crippen LogP contribution in [0.3, 0.4) is 0 Å². The zero-order valence-corrected chi connectivity index (χ0v) is 11.5. The van der Waals surface area contributed by atoms with Gasteiger partial charge in [0.1, 0.15) is 11.5 Å². The fraction of sp³-hybridized carbons (Fsp3) is 0.571. The number of carbonyl (C=O) groups is 2. The molecule has 2 N–H and O–H groups in total. The Kier molecular flexibility index (Phi) is 3.39. The third kappa shape index (κ3) is 2.25. The summed E-state index contributed by atoms with van der Waals surface area (Å²) in [6.07, 6.45) is 2.17. The van der Waals surface area contributed by atoms with E-state index in [9.17, 15) is 14.7 Å². The maximum atomic E-state index is 12.1. The van der Waals surface area contributed by atoms with Crippen LogP contribution in [0.25, 0.3) is 0 Å². The molecule has 1 aliphatic rings. The predicted molar refractivity (Wildman–Crippen MR) is 69.2 cm³/mol. The number of rotatable bonds is 4. The van der Waals surface area contributed by atoms with Crippen LogP contribution in [-0.4, -0.2) is 23.5 Å². The molecular formula is C14H19NO4. The summed E-state index contributed by atoms with van der Waals surface area (Å²) in [5, 5.41) is 11.9. The number of nitrogens with one attached hydrogen (secondary N) is 1. The largest absolute Gasteiger partial charge is 0.481 e. The first-order valence-electron chi connectivity index (χ1n) is 6.45. The van der Waals surface area contributed by atoms with Crippen molar-refractivity contribution in [2.24, 2.45) is 5.41 Å². The summed E-state index contributed by atoms with van der Waals surface area (Å²) in [5.41, 5.74) is 0.571. The molecule has 19 heavy (non-hydrogen) atoms. The van der Waals surface area contributed by atoms with Gasteiger partial charge in [-0.15, -0.1) is 0 Å². The van der Waals surface area contributed by atoms with Gasteiger partial charge in [-0.3, -0.25) is 9.59 Å². The molecule has 5 nitrogen and oxygen atoms in total. The van der Waals surface area contributed by atoms with Gasteiger partial charge in [0.25, 0.3) is 5.91 Å². The van der Waals surface area contributed by atoms with Crippen LogP contribution in [-0.2, 0) is 4.79 Å². The van der Waals surface area contributed by atoms with Crippen molar-refractivity contribution in [3.63, 3.8) is 0 Å². The molecule has 104 valence electrons. The number of aryl methyl sites for hydroxylation is 2. The first-order valence-corrected chi connectivity index (χ1v) is 6.45. The zero-order chi connectivity index (χ0) is 14.2. The molecule has 0 saturated heterocycles. The van der Waals surface area contributed by atoms with Crippen molar-refractivity contribution >= 4 is 11.9 Å². The highest BCUT2D eigenvalue weighted by molar-refractivity contribution is 5.97. The van der Waals surface area contributed by atoms with E-state index >= 15 is 0 Å². The van der Waals surface area contributed by atoms with E-state index in [1.165, 1.54) is 0 Å². The normalized spacial score (nSPS) is 16.8. The molecule has 0 aliphatic heterocycles. The van der Waals surface area contributed by atoms with Gasteiger partial charge < -0.3 is 14.8 Å². The average Bonchev–Trinajstić information content (AvgIpc) is 2.50. The number of amides is 1. The molecule has 1 amide bonds. The van der Waals surface area contributed by atoms with Crippen LogP contribution in [0.5, 0.6) is 0 Å². The average molecular weight is 265 g/mol. The van der Waals surface area contributed by atoms with Crippen molar-refractivity contribution in [3.05, 3.63) is 22.6 Å². The summed E-state index contributed by atoms with van der Waals surface area (Å²) in [6, 6.07) is 0. The Balaban J connectivity index is 2.08. The van der Waals surface area contributed by atoms with E-state index in [0.29, 0.717) is 24.2 Å². The maximum absolute atomic E-state index is 12.1. The summed E-state index contributed by atoms with van der Waals surface area (Å²) in [6.45, 7) is 5.57. The first kappa shape index (κ1) is 13.6. The lowest BCUT2D eigenvalue weighted by Crippen LogP contribution is -2.47. The summed E-state index contributed by atoms with van der Waals surface area (Å²) in [5.74, 6) is 0.222.